The number of nitrogens with one attached hydrogen (secondary N) is 2. The minimum atomic E-state index is -0.306. The van der Waals surface area contributed by atoms with Crippen molar-refractivity contribution in [3.8, 4) is 0 Å². The third kappa shape index (κ3) is 3.41. The number of halogens is 1. The van der Waals surface area contributed by atoms with Crippen LogP contribution in [0.4, 0.5) is 0 Å². The number of hydrogen-bond donors (Lipinski definition) is 2. The first-order valence-corrected chi connectivity index (χ1v) is 7.06. The number of aromatic nitrogens is 2. The van der Waals surface area contributed by atoms with E-state index in [1.807, 2.05) is 0 Å². The van der Waals surface area contributed by atoms with Crippen LogP contribution in [0.1, 0.15) is 36.2 Å². The summed E-state index contributed by atoms with van der Waals surface area (Å²) in [7, 11) is 0. The average molecular weight is 314 g/mol. The number of aromatic amines is 1. The number of carbonyl (C=O) groups is 1. The van der Waals surface area contributed by atoms with Crippen LogP contribution in [-0.2, 0) is 0 Å². The highest BCUT2D eigenvalue weighted by Crippen LogP contribution is 2.29. The summed E-state index contributed by atoms with van der Waals surface area (Å²) in [5.41, 5.74) is -0.0594. The molecule has 1 heterocycles. The van der Waals surface area contributed by atoms with Crippen LogP contribution >= 0.6 is 15.9 Å². The van der Waals surface area contributed by atoms with Crippen LogP contribution < -0.4 is 10.9 Å². The molecule has 1 fully saturated rings. The van der Waals surface area contributed by atoms with Gasteiger partial charge in [0.15, 0.2) is 0 Å². The van der Waals surface area contributed by atoms with E-state index in [4.69, 9.17) is 0 Å². The van der Waals surface area contributed by atoms with E-state index in [9.17, 15) is 9.59 Å². The van der Waals surface area contributed by atoms with Crippen molar-refractivity contribution in [2.75, 3.05) is 6.54 Å². The summed E-state index contributed by atoms with van der Waals surface area (Å²) in [5, 5.41) is 8.82. The molecule has 2 N–H and O–H groups in total. The smallest absolute Gasteiger partial charge is 0.271 e. The van der Waals surface area contributed by atoms with Gasteiger partial charge in [-0.3, -0.25) is 9.59 Å². The molecule has 0 aliphatic heterocycles. The van der Waals surface area contributed by atoms with Crippen molar-refractivity contribution in [2.24, 2.45) is 5.92 Å². The second-order valence-electron chi connectivity index (χ2n) is 4.58. The van der Waals surface area contributed by atoms with Gasteiger partial charge in [0, 0.05) is 17.4 Å². The Morgan fingerprint density at radius 3 is 2.89 bits per heavy atom. The molecular formula is C12H16BrN3O2. The second kappa shape index (κ2) is 6.13. The topological polar surface area (TPSA) is 74.8 Å². The normalized spacial score (nSPS) is 23.6. The quantitative estimate of drug-likeness (QED) is 0.829. The van der Waals surface area contributed by atoms with Crippen LogP contribution in [0.3, 0.4) is 0 Å². The highest BCUT2D eigenvalue weighted by atomic mass is 79.9. The van der Waals surface area contributed by atoms with Crippen molar-refractivity contribution in [3.05, 3.63) is 28.2 Å². The van der Waals surface area contributed by atoms with Gasteiger partial charge in [0.25, 0.3) is 11.5 Å². The van der Waals surface area contributed by atoms with Crippen molar-refractivity contribution in [2.45, 2.75) is 30.5 Å². The highest BCUT2D eigenvalue weighted by Gasteiger charge is 2.23. The number of carbonyl (C=O) groups excluding carboxylic acids is 1. The fourth-order valence-electron chi connectivity index (χ4n) is 2.18. The van der Waals surface area contributed by atoms with Gasteiger partial charge in [-0.25, -0.2) is 5.10 Å². The Morgan fingerprint density at radius 2 is 2.22 bits per heavy atom. The molecule has 1 aliphatic rings. The molecule has 2 unspecified atom stereocenters. The summed E-state index contributed by atoms with van der Waals surface area (Å²) in [6.07, 6.45) is 4.77. The number of H-pyrrole nitrogens is 1. The summed E-state index contributed by atoms with van der Waals surface area (Å²) in [6.45, 7) is 0.648. The van der Waals surface area contributed by atoms with E-state index in [2.05, 4.69) is 31.4 Å². The molecule has 1 saturated carbocycles. The van der Waals surface area contributed by atoms with E-state index >= 15 is 0 Å². The van der Waals surface area contributed by atoms with Gasteiger partial charge in [-0.05, 0) is 24.8 Å². The molecule has 2 atom stereocenters. The molecule has 5 nitrogen and oxygen atoms in total. The summed E-state index contributed by atoms with van der Waals surface area (Å²) in [5.74, 6) is 0.238. The molecule has 6 heteroatoms. The molecule has 98 valence electrons. The van der Waals surface area contributed by atoms with E-state index < -0.39 is 0 Å². The first-order chi connectivity index (χ1) is 8.66. The second-order valence-corrected chi connectivity index (χ2v) is 5.75. The van der Waals surface area contributed by atoms with E-state index in [1.165, 1.54) is 25.0 Å². The fourth-order valence-corrected chi connectivity index (χ4v) is 2.95. The van der Waals surface area contributed by atoms with Gasteiger partial charge < -0.3 is 5.32 Å². The Morgan fingerprint density at radius 1 is 1.44 bits per heavy atom. The monoisotopic (exact) mass is 313 g/mol. The van der Waals surface area contributed by atoms with Gasteiger partial charge in [0.05, 0.1) is 0 Å². The Hall–Kier alpha value is -1.17. The van der Waals surface area contributed by atoms with Crippen LogP contribution in [0.25, 0.3) is 0 Å². The van der Waals surface area contributed by atoms with Gasteiger partial charge in [-0.2, -0.15) is 5.10 Å². The summed E-state index contributed by atoms with van der Waals surface area (Å²) >= 11 is 3.66. The number of nitrogens with zero attached hydrogens (tertiary/aromatic N) is 1. The maximum absolute atomic E-state index is 11.8. The molecule has 0 aromatic carbocycles. The predicted molar refractivity (Wildman–Crippen MR) is 71.9 cm³/mol. The van der Waals surface area contributed by atoms with Crippen LogP contribution in [0.5, 0.6) is 0 Å². The van der Waals surface area contributed by atoms with Crippen molar-refractivity contribution in [1.29, 1.82) is 0 Å². The van der Waals surface area contributed by atoms with Gasteiger partial charge in [-0.15, -0.1) is 0 Å². The lowest BCUT2D eigenvalue weighted by atomic mass is 9.89. The van der Waals surface area contributed by atoms with Crippen LogP contribution in [-0.4, -0.2) is 27.5 Å². The average Bonchev–Trinajstić information content (AvgIpc) is 2.38. The third-order valence-corrected chi connectivity index (χ3v) is 4.46. The molecular weight excluding hydrogens is 298 g/mol. The zero-order chi connectivity index (χ0) is 13.0. The standard InChI is InChI=1S/C12H16BrN3O2/c13-9-4-2-1-3-8(9)7-14-12(18)10-5-6-11(17)16-15-10/h5-6,8-9H,1-4,7H2,(H,14,18)(H,16,17). The molecule has 2 rings (SSSR count). The number of amides is 1. The minimum Gasteiger partial charge on any atom is -0.350 e. The van der Waals surface area contributed by atoms with Crippen molar-refractivity contribution in [1.82, 2.24) is 15.5 Å². The Labute approximate surface area is 113 Å². The molecule has 1 aromatic heterocycles. The maximum Gasteiger partial charge on any atom is 0.271 e. The third-order valence-electron chi connectivity index (χ3n) is 3.25. The Bertz CT molecular complexity index is 454. The molecule has 0 spiro atoms. The number of alkyl halides is 1. The van der Waals surface area contributed by atoms with E-state index in [1.54, 1.807) is 0 Å². The maximum atomic E-state index is 11.8. The minimum absolute atomic E-state index is 0.239. The van der Waals surface area contributed by atoms with E-state index in [0.717, 1.165) is 12.8 Å². The predicted octanol–water partition coefficient (Wildman–Crippen LogP) is 1.45. The van der Waals surface area contributed by atoms with Crippen LogP contribution in [0.15, 0.2) is 16.9 Å². The van der Waals surface area contributed by atoms with Gasteiger partial charge >= 0.3 is 0 Å². The zero-order valence-corrected chi connectivity index (χ0v) is 11.6. The summed E-state index contributed by atoms with van der Waals surface area (Å²) in [4.78, 5) is 23.1. The van der Waals surface area contributed by atoms with Gasteiger partial charge in [-0.1, -0.05) is 28.8 Å². The Balaban J connectivity index is 1.87. The molecule has 0 radical (unpaired) electrons. The van der Waals surface area contributed by atoms with Crippen molar-refractivity contribution in [3.63, 3.8) is 0 Å². The van der Waals surface area contributed by atoms with Crippen LogP contribution in [0.2, 0.25) is 0 Å². The van der Waals surface area contributed by atoms with Crippen molar-refractivity contribution < 1.29 is 4.79 Å². The number of rotatable bonds is 3. The molecule has 0 saturated heterocycles. The first-order valence-electron chi connectivity index (χ1n) is 6.15. The largest absolute Gasteiger partial charge is 0.350 e. The van der Waals surface area contributed by atoms with Crippen molar-refractivity contribution >= 4 is 21.8 Å². The number of hydrogen-bond acceptors (Lipinski definition) is 3. The molecule has 1 aliphatic carbocycles. The lowest BCUT2D eigenvalue weighted by Gasteiger charge is -2.27. The lowest BCUT2D eigenvalue weighted by Crippen LogP contribution is -2.35. The zero-order valence-electron chi connectivity index (χ0n) is 9.99. The van der Waals surface area contributed by atoms with Gasteiger partial charge in [0.2, 0.25) is 0 Å². The molecule has 0 bridgehead atoms. The molecule has 18 heavy (non-hydrogen) atoms. The summed E-state index contributed by atoms with van der Waals surface area (Å²) < 4.78 is 0. The highest BCUT2D eigenvalue weighted by molar-refractivity contribution is 9.09. The van der Waals surface area contributed by atoms with E-state index in [-0.39, 0.29) is 17.2 Å². The molecule has 1 amide bonds. The Kier molecular flexibility index (Phi) is 4.52. The summed E-state index contributed by atoms with van der Waals surface area (Å²) in [6, 6.07) is 2.73. The SMILES string of the molecule is O=C(NCC1CCCCC1Br)c1ccc(=O)[nH]n1. The van der Waals surface area contributed by atoms with Crippen LogP contribution in [0, 0.1) is 5.92 Å². The fraction of sp³-hybridized carbons (Fsp3) is 0.583. The van der Waals surface area contributed by atoms with E-state index in [0.29, 0.717) is 17.3 Å². The van der Waals surface area contributed by atoms with Gasteiger partial charge in [0.1, 0.15) is 5.69 Å². The first kappa shape index (κ1) is 13.3. The molecule has 1 aromatic rings. The lowest BCUT2D eigenvalue weighted by molar-refractivity contribution is 0.0938.